The van der Waals surface area contributed by atoms with E-state index in [0.717, 1.165) is 15.4 Å². The number of fused-ring (bicyclic) bond motifs is 1. The van der Waals surface area contributed by atoms with E-state index in [9.17, 15) is 9.90 Å². The number of hydrogen-bond donors (Lipinski definition) is 2. The van der Waals surface area contributed by atoms with Gasteiger partial charge in [0.25, 0.3) is 5.91 Å². The second-order valence-corrected chi connectivity index (χ2v) is 5.63. The normalized spacial score (nSPS) is 14.8. The van der Waals surface area contributed by atoms with E-state index in [1.54, 1.807) is 4.57 Å². The van der Waals surface area contributed by atoms with Gasteiger partial charge < -0.3 is 9.67 Å². The molecule has 2 aromatic rings. The Bertz CT molecular complexity index is 795. The maximum absolute atomic E-state index is 11.9. The van der Waals surface area contributed by atoms with Crippen molar-refractivity contribution in [2.75, 3.05) is 0 Å². The maximum Gasteiger partial charge on any atom is 0.277 e. The molecule has 0 spiro atoms. The van der Waals surface area contributed by atoms with E-state index in [1.807, 2.05) is 25.1 Å². The second kappa shape index (κ2) is 4.68. The Morgan fingerprint density at radius 3 is 2.85 bits per heavy atom. The minimum absolute atomic E-state index is 0.0270. The Balaban J connectivity index is 2.38. The Morgan fingerprint density at radius 1 is 1.50 bits per heavy atom. The first kappa shape index (κ1) is 13.3. The van der Waals surface area contributed by atoms with E-state index in [1.165, 1.54) is 0 Å². The fraction of sp³-hybridized carbons (Fsp3) is 0.154. The van der Waals surface area contributed by atoms with Crippen LogP contribution in [0, 0.1) is 0 Å². The molecule has 102 valence electrons. The fourth-order valence-electron chi connectivity index (χ4n) is 2.37. The number of aromatic hydroxyl groups is 1. The van der Waals surface area contributed by atoms with Crippen LogP contribution in [-0.4, -0.2) is 26.4 Å². The Labute approximate surface area is 128 Å². The third kappa shape index (κ3) is 1.85. The van der Waals surface area contributed by atoms with Crippen molar-refractivity contribution in [3.05, 3.63) is 28.2 Å². The lowest BCUT2D eigenvalue weighted by atomic mass is 10.1. The van der Waals surface area contributed by atoms with Gasteiger partial charge in [0.1, 0.15) is 5.71 Å². The number of thiocarbonyl (C=S) groups is 1. The van der Waals surface area contributed by atoms with Crippen LogP contribution < -0.4 is 5.32 Å². The number of halogens is 1. The number of nitrogens with one attached hydrogen (secondary N) is 1. The minimum atomic E-state index is -0.388. The summed E-state index contributed by atoms with van der Waals surface area (Å²) < 4.78 is 2.59. The largest absolute Gasteiger partial charge is 0.494 e. The first-order valence-corrected chi connectivity index (χ1v) is 7.18. The highest BCUT2D eigenvalue weighted by atomic mass is 79.9. The molecule has 0 fully saturated rings. The summed E-state index contributed by atoms with van der Waals surface area (Å²) in [4.78, 5) is 15.9. The highest BCUT2D eigenvalue weighted by Crippen LogP contribution is 2.34. The molecule has 7 heteroatoms. The van der Waals surface area contributed by atoms with Gasteiger partial charge in [0, 0.05) is 16.4 Å². The number of benzene rings is 1. The zero-order valence-corrected chi connectivity index (χ0v) is 12.9. The molecule has 1 aliphatic rings. The zero-order chi connectivity index (χ0) is 14.4. The zero-order valence-electron chi connectivity index (χ0n) is 10.5. The summed E-state index contributed by atoms with van der Waals surface area (Å²) >= 11 is 8.28. The lowest BCUT2D eigenvalue weighted by molar-refractivity contribution is -0.113. The van der Waals surface area contributed by atoms with Gasteiger partial charge in [0.05, 0.1) is 11.1 Å². The molecule has 0 saturated heterocycles. The third-order valence-corrected chi connectivity index (χ3v) is 3.89. The molecule has 1 amide bonds. The van der Waals surface area contributed by atoms with Crippen molar-refractivity contribution in [3.63, 3.8) is 0 Å². The number of aromatic nitrogens is 1. The Morgan fingerprint density at radius 2 is 2.25 bits per heavy atom. The van der Waals surface area contributed by atoms with Crippen LogP contribution in [0.2, 0.25) is 0 Å². The third-order valence-electron chi connectivity index (χ3n) is 3.20. The average molecular weight is 352 g/mol. The van der Waals surface area contributed by atoms with Crippen LogP contribution in [0.25, 0.3) is 10.9 Å². The summed E-state index contributed by atoms with van der Waals surface area (Å²) in [7, 11) is 0. The minimum Gasteiger partial charge on any atom is -0.494 e. The number of rotatable bonds is 2. The molecule has 2 heterocycles. The molecule has 0 atom stereocenters. The van der Waals surface area contributed by atoms with E-state index < -0.39 is 0 Å². The van der Waals surface area contributed by atoms with E-state index in [4.69, 9.17) is 12.2 Å². The van der Waals surface area contributed by atoms with Crippen molar-refractivity contribution in [2.45, 2.75) is 13.5 Å². The van der Waals surface area contributed by atoms with Crippen LogP contribution >= 0.6 is 28.1 Å². The Kier molecular flexibility index (Phi) is 3.10. The van der Waals surface area contributed by atoms with Crippen molar-refractivity contribution < 1.29 is 9.90 Å². The number of nitrogens with zero attached hydrogens (tertiary/aromatic N) is 2. The lowest BCUT2D eigenvalue weighted by Gasteiger charge is -2.02. The number of aliphatic imine (C=N–C) groups is 1. The predicted octanol–water partition coefficient (Wildman–Crippen LogP) is 2.33. The number of carbonyl (C=O) groups is 1. The number of carbonyl (C=O) groups excluding carboxylic acids is 1. The molecule has 3 rings (SSSR count). The first-order valence-electron chi connectivity index (χ1n) is 5.98. The van der Waals surface area contributed by atoms with Crippen LogP contribution in [0.1, 0.15) is 12.5 Å². The standard InChI is InChI=1S/C13H10BrN3O2S/c1-2-17-8-4-3-6(14)5-7(8)9(12(17)19)10-11(18)16-13(20)15-10/h3-5,19H,2H2,1H3,(H,16,18,20). The van der Waals surface area contributed by atoms with Crippen molar-refractivity contribution in [1.82, 2.24) is 9.88 Å². The van der Waals surface area contributed by atoms with Gasteiger partial charge in [-0.05, 0) is 37.3 Å². The molecule has 0 unspecified atom stereocenters. The van der Waals surface area contributed by atoms with E-state index >= 15 is 0 Å². The van der Waals surface area contributed by atoms with Gasteiger partial charge >= 0.3 is 0 Å². The maximum atomic E-state index is 11.9. The number of hydrogen-bond acceptors (Lipinski definition) is 3. The summed E-state index contributed by atoms with van der Waals surface area (Å²) in [6.07, 6.45) is 0. The smallest absolute Gasteiger partial charge is 0.277 e. The molecule has 0 bridgehead atoms. The summed E-state index contributed by atoms with van der Waals surface area (Å²) in [6.45, 7) is 2.51. The first-order chi connectivity index (χ1) is 9.52. The van der Waals surface area contributed by atoms with Gasteiger partial charge in [-0.25, -0.2) is 4.99 Å². The van der Waals surface area contributed by atoms with Gasteiger partial charge in [-0.2, -0.15) is 0 Å². The van der Waals surface area contributed by atoms with E-state index in [0.29, 0.717) is 12.1 Å². The number of amides is 1. The summed E-state index contributed by atoms with van der Waals surface area (Å²) in [5.74, 6) is -0.361. The summed E-state index contributed by atoms with van der Waals surface area (Å²) in [5, 5.41) is 13.8. The second-order valence-electron chi connectivity index (χ2n) is 4.32. The number of aryl methyl sites for hydroxylation is 1. The topological polar surface area (TPSA) is 66.6 Å². The average Bonchev–Trinajstić information content (AvgIpc) is 2.85. The fourth-order valence-corrected chi connectivity index (χ4v) is 2.92. The van der Waals surface area contributed by atoms with Crippen molar-refractivity contribution >= 4 is 55.8 Å². The summed E-state index contributed by atoms with van der Waals surface area (Å²) in [6, 6.07) is 5.63. The van der Waals surface area contributed by atoms with Crippen LogP contribution in [0.5, 0.6) is 5.88 Å². The van der Waals surface area contributed by atoms with Crippen LogP contribution in [0.3, 0.4) is 0 Å². The molecular formula is C13H10BrN3O2S. The van der Waals surface area contributed by atoms with Crippen molar-refractivity contribution in [1.29, 1.82) is 0 Å². The van der Waals surface area contributed by atoms with Gasteiger partial charge in [0.2, 0.25) is 11.0 Å². The highest BCUT2D eigenvalue weighted by molar-refractivity contribution is 9.10. The van der Waals surface area contributed by atoms with Gasteiger partial charge in [-0.3, -0.25) is 10.1 Å². The van der Waals surface area contributed by atoms with E-state index in [2.05, 4.69) is 26.2 Å². The van der Waals surface area contributed by atoms with Gasteiger partial charge in [0.15, 0.2) is 0 Å². The molecular weight excluding hydrogens is 342 g/mol. The lowest BCUT2D eigenvalue weighted by Crippen LogP contribution is -2.25. The van der Waals surface area contributed by atoms with Crippen LogP contribution in [0.4, 0.5) is 0 Å². The Hall–Kier alpha value is -1.73. The molecule has 0 aliphatic carbocycles. The molecule has 5 nitrogen and oxygen atoms in total. The molecule has 1 aromatic heterocycles. The molecule has 0 radical (unpaired) electrons. The highest BCUT2D eigenvalue weighted by Gasteiger charge is 2.29. The molecule has 1 aromatic carbocycles. The van der Waals surface area contributed by atoms with E-state index in [-0.39, 0.29) is 22.6 Å². The quantitative estimate of drug-likeness (QED) is 0.816. The molecule has 2 N–H and O–H groups in total. The monoisotopic (exact) mass is 351 g/mol. The van der Waals surface area contributed by atoms with Crippen molar-refractivity contribution in [2.24, 2.45) is 4.99 Å². The van der Waals surface area contributed by atoms with Crippen LogP contribution in [-0.2, 0) is 11.3 Å². The SMILES string of the molecule is CCn1c(O)c(C2=NC(=S)NC2=O)c2cc(Br)ccc21. The summed E-state index contributed by atoms with van der Waals surface area (Å²) in [5.41, 5.74) is 1.42. The molecule has 1 aliphatic heterocycles. The van der Waals surface area contributed by atoms with Gasteiger partial charge in [-0.15, -0.1) is 0 Å². The van der Waals surface area contributed by atoms with Gasteiger partial charge in [-0.1, -0.05) is 15.9 Å². The molecule has 20 heavy (non-hydrogen) atoms. The molecule has 0 saturated carbocycles. The van der Waals surface area contributed by atoms with Crippen molar-refractivity contribution in [3.8, 4) is 5.88 Å². The predicted molar refractivity (Wildman–Crippen MR) is 84.3 cm³/mol. The van der Waals surface area contributed by atoms with Crippen LogP contribution in [0.15, 0.2) is 27.7 Å².